The van der Waals surface area contributed by atoms with Gasteiger partial charge < -0.3 is 15.0 Å². The molecular formula is C25H32N2O3. The van der Waals surface area contributed by atoms with Crippen molar-refractivity contribution in [2.45, 2.75) is 46.6 Å². The van der Waals surface area contributed by atoms with E-state index in [0.29, 0.717) is 24.5 Å². The van der Waals surface area contributed by atoms with Crippen molar-refractivity contribution in [3.63, 3.8) is 0 Å². The Morgan fingerprint density at radius 2 is 1.83 bits per heavy atom. The van der Waals surface area contributed by atoms with E-state index >= 15 is 0 Å². The zero-order valence-electron chi connectivity index (χ0n) is 18.4. The van der Waals surface area contributed by atoms with Crippen LogP contribution in [0.4, 0.5) is 0 Å². The largest absolute Gasteiger partial charge is 0.492 e. The summed E-state index contributed by atoms with van der Waals surface area (Å²) >= 11 is 0. The summed E-state index contributed by atoms with van der Waals surface area (Å²) in [6.45, 7) is 9.84. The molecule has 1 aliphatic heterocycles. The van der Waals surface area contributed by atoms with E-state index in [1.807, 2.05) is 62.9 Å². The third-order valence-corrected chi connectivity index (χ3v) is 5.30. The molecule has 2 aromatic carbocycles. The zero-order valence-corrected chi connectivity index (χ0v) is 18.4. The molecule has 30 heavy (non-hydrogen) atoms. The third kappa shape index (κ3) is 5.62. The molecule has 2 aromatic rings. The number of nitrogens with one attached hydrogen (secondary N) is 1. The number of nitrogens with zero attached hydrogens (tertiary/aromatic N) is 1. The van der Waals surface area contributed by atoms with Crippen LogP contribution in [0, 0.1) is 19.8 Å². The highest BCUT2D eigenvalue weighted by Gasteiger charge is 2.25. The standard InChI is InChI=1S/C25H32N2O3/c1-17(2)26-24(28)22-9-5-6-10-23(22)30-16-20-8-7-11-27(15-20)25(29)21-13-18(3)12-19(4)14-21/h5-6,9-10,12-14,17,20H,7-8,11,15-16H2,1-4H3,(H,26,28). The molecule has 1 saturated heterocycles. The normalized spacial score (nSPS) is 16.4. The smallest absolute Gasteiger partial charge is 0.255 e. The summed E-state index contributed by atoms with van der Waals surface area (Å²) in [7, 11) is 0. The van der Waals surface area contributed by atoms with Gasteiger partial charge in [-0.3, -0.25) is 9.59 Å². The molecule has 0 aliphatic carbocycles. The number of amides is 2. The predicted octanol–water partition coefficient (Wildman–Crippen LogP) is 4.37. The van der Waals surface area contributed by atoms with Gasteiger partial charge in [-0.15, -0.1) is 0 Å². The van der Waals surface area contributed by atoms with Gasteiger partial charge in [0.25, 0.3) is 11.8 Å². The molecule has 0 aromatic heterocycles. The second-order valence-electron chi connectivity index (χ2n) is 8.57. The van der Waals surface area contributed by atoms with Crippen molar-refractivity contribution >= 4 is 11.8 Å². The Labute approximate surface area is 179 Å². The molecule has 0 bridgehead atoms. The maximum absolute atomic E-state index is 13.0. The average molecular weight is 409 g/mol. The fourth-order valence-electron chi connectivity index (χ4n) is 3.99. The maximum atomic E-state index is 13.0. The summed E-state index contributed by atoms with van der Waals surface area (Å²) in [4.78, 5) is 27.4. The van der Waals surface area contributed by atoms with Crippen LogP contribution in [0.15, 0.2) is 42.5 Å². The Morgan fingerprint density at radius 1 is 1.13 bits per heavy atom. The number of carbonyl (C=O) groups is 2. The molecule has 1 atom stereocenters. The highest BCUT2D eigenvalue weighted by atomic mass is 16.5. The second kappa shape index (κ2) is 9.79. The summed E-state index contributed by atoms with van der Waals surface area (Å²) in [5.41, 5.74) is 3.51. The van der Waals surface area contributed by atoms with Crippen LogP contribution >= 0.6 is 0 Å². The van der Waals surface area contributed by atoms with Crippen LogP contribution in [0.25, 0.3) is 0 Å². The van der Waals surface area contributed by atoms with Crippen molar-refractivity contribution in [2.24, 2.45) is 5.92 Å². The van der Waals surface area contributed by atoms with E-state index < -0.39 is 0 Å². The van der Waals surface area contributed by atoms with Gasteiger partial charge in [0.15, 0.2) is 0 Å². The summed E-state index contributed by atoms with van der Waals surface area (Å²) < 4.78 is 6.05. The summed E-state index contributed by atoms with van der Waals surface area (Å²) in [5.74, 6) is 0.794. The van der Waals surface area contributed by atoms with Gasteiger partial charge in [-0.2, -0.15) is 0 Å². The van der Waals surface area contributed by atoms with Gasteiger partial charge in [0.2, 0.25) is 0 Å². The Bertz CT molecular complexity index is 887. The minimum Gasteiger partial charge on any atom is -0.492 e. The topological polar surface area (TPSA) is 58.6 Å². The monoisotopic (exact) mass is 408 g/mol. The fraction of sp³-hybridized carbons (Fsp3) is 0.440. The van der Waals surface area contributed by atoms with Gasteiger partial charge >= 0.3 is 0 Å². The first-order valence-electron chi connectivity index (χ1n) is 10.7. The van der Waals surface area contributed by atoms with Crippen molar-refractivity contribution in [3.05, 3.63) is 64.7 Å². The number of carbonyl (C=O) groups excluding carboxylic acids is 2. The minimum atomic E-state index is -0.129. The van der Waals surface area contributed by atoms with Gasteiger partial charge in [0.05, 0.1) is 12.2 Å². The highest BCUT2D eigenvalue weighted by Crippen LogP contribution is 2.23. The lowest BCUT2D eigenvalue weighted by Crippen LogP contribution is -2.41. The number of hydrogen-bond donors (Lipinski definition) is 1. The Kier molecular flexibility index (Phi) is 7.14. The molecule has 160 valence electrons. The molecule has 1 heterocycles. The molecule has 1 aliphatic rings. The van der Waals surface area contributed by atoms with Crippen LogP contribution in [0.5, 0.6) is 5.75 Å². The highest BCUT2D eigenvalue weighted by molar-refractivity contribution is 5.97. The molecule has 1 unspecified atom stereocenters. The van der Waals surface area contributed by atoms with Gasteiger partial charge in [0, 0.05) is 30.6 Å². The van der Waals surface area contributed by atoms with Crippen LogP contribution in [-0.2, 0) is 0 Å². The number of aryl methyl sites for hydroxylation is 2. The number of rotatable bonds is 6. The van der Waals surface area contributed by atoms with Crippen molar-refractivity contribution in [1.29, 1.82) is 0 Å². The first-order valence-corrected chi connectivity index (χ1v) is 10.7. The molecule has 2 amide bonds. The van der Waals surface area contributed by atoms with Crippen LogP contribution in [0.1, 0.15) is 58.5 Å². The minimum absolute atomic E-state index is 0.0636. The van der Waals surface area contributed by atoms with Gasteiger partial charge in [-0.25, -0.2) is 0 Å². The van der Waals surface area contributed by atoms with Crippen LogP contribution < -0.4 is 10.1 Å². The lowest BCUT2D eigenvalue weighted by atomic mass is 9.97. The van der Waals surface area contributed by atoms with Crippen molar-refractivity contribution in [1.82, 2.24) is 10.2 Å². The quantitative estimate of drug-likeness (QED) is 0.772. The van der Waals surface area contributed by atoms with Crippen LogP contribution in [0.3, 0.4) is 0 Å². The van der Waals surface area contributed by atoms with Crippen molar-refractivity contribution in [3.8, 4) is 5.75 Å². The number of likely N-dealkylation sites (tertiary alicyclic amines) is 1. The van der Waals surface area contributed by atoms with E-state index in [0.717, 1.165) is 36.1 Å². The third-order valence-electron chi connectivity index (χ3n) is 5.30. The average Bonchev–Trinajstić information content (AvgIpc) is 2.71. The fourth-order valence-corrected chi connectivity index (χ4v) is 3.99. The Morgan fingerprint density at radius 3 is 2.53 bits per heavy atom. The van der Waals surface area contributed by atoms with Crippen molar-refractivity contribution in [2.75, 3.05) is 19.7 Å². The second-order valence-corrected chi connectivity index (χ2v) is 8.57. The van der Waals surface area contributed by atoms with E-state index in [2.05, 4.69) is 11.4 Å². The molecule has 0 spiro atoms. The van der Waals surface area contributed by atoms with Gasteiger partial charge in [-0.05, 0) is 64.8 Å². The maximum Gasteiger partial charge on any atom is 0.255 e. The lowest BCUT2D eigenvalue weighted by Gasteiger charge is -2.33. The van der Waals surface area contributed by atoms with E-state index in [4.69, 9.17) is 4.74 Å². The number of para-hydroxylation sites is 1. The first kappa shape index (κ1) is 21.9. The Hall–Kier alpha value is -2.82. The predicted molar refractivity (Wildman–Crippen MR) is 119 cm³/mol. The molecule has 3 rings (SSSR count). The first-order chi connectivity index (χ1) is 14.3. The zero-order chi connectivity index (χ0) is 21.7. The number of ether oxygens (including phenoxy) is 1. The van der Waals surface area contributed by atoms with Crippen molar-refractivity contribution < 1.29 is 14.3 Å². The molecule has 0 saturated carbocycles. The molecule has 5 heteroatoms. The number of piperidine rings is 1. The molecule has 1 N–H and O–H groups in total. The lowest BCUT2D eigenvalue weighted by molar-refractivity contribution is 0.0633. The van der Waals surface area contributed by atoms with E-state index in [-0.39, 0.29) is 23.8 Å². The van der Waals surface area contributed by atoms with E-state index in [9.17, 15) is 9.59 Å². The Balaban J connectivity index is 1.63. The summed E-state index contributed by atoms with van der Waals surface area (Å²) in [5, 5.41) is 2.91. The van der Waals surface area contributed by atoms with Gasteiger partial charge in [-0.1, -0.05) is 29.3 Å². The molecule has 5 nitrogen and oxygen atoms in total. The van der Waals surface area contributed by atoms with E-state index in [1.165, 1.54) is 0 Å². The molecule has 0 radical (unpaired) electrons. The van der Waals surface area contributed by atoms with E-state index in [1.54, 1.807) is 6.07 Å². The SMILES string of the molecule is Cc1cc(C)cc(C(=O)N2CCCC(COc3ccccc3C(=O)NC(C)C)C2)c1. The summed E-state index contributed by atoms with van der Waals surface area (Å²) in [6.07, 6.45) is 1.97. The molecular weight excluding hydrogens is 376 g/mol. The summed E-state index contributed by atoms with van der Waals surface area (Å²) in [6, 6.07) is 13.4. The van der Waals surface area contributed by atoms with Crippen LogP contribution in [0.2, 0.25) is 0 Å². The van der Waals surface area contributed by atoms with Gasteiger partial charge in [0.1, 0.15) is 5.75 Å². The number of hydrogen-bond acceptors (Lipinski definition) is 3. The number of benzene rings is 2. The van der Waals surface area contributed by atoms with Crippen LogP contribution in [-0.4, -0.2) is 42.5 Å². The molecule has 1 fully saturated rings.